The highest BCUT2D eigenvalue weighted by Crippen LogP contribution is 2.33. The third-order valence-corrected chi connectivity index (χ3v) is 3.62. The molecule has 88 valence electrons. The molecule has 2 amide bonds. The van der Waals surface area contributed by atoms with E-state index < -0.39 is 17.8 Å². The molecule has 0 bridgehead atoms. The van der Waals surface area contributed by atoms with Gasteiger partial charge in [-0.2, -0.15) is 0 Å². The number of imide groups is 1. The summed E-state index contributed by atoms with van der Waals surface area (Å²) >= 11 is 1.16. The number of carboxylic acids is 1. The first-order valence-electron chi connectivity index (χ1n) is 4.96. The van der Waals surface area contributed by atoms with Crippen molar-refractivity contribution in [1.82, 2.24) is 0 Å². The standard InChI is InChI=1S/C11H9NO4S/c1-2-6-5-7(11(15)16)10(17-6)12-8(13)3-4-9(12)14/h3-5H,2H2,1H3,(H,15,16). The number of carbonyl (C=O) groups is 3. The van der Waals surface area contributed by atoms with Crippen LogP contribution in [-0.2, 0) is 16.0 Å². The number of carboxylic acid groups (broad SMARTS) is 1. The number of rotatable bonds is 3. The van der Waals surface area contributed by atoms with Crippen LogP contribution < -0.4 is 4.90 Å². The SMILES string of the molecule is CCc1cc(C(=O)O)c(N2C(=O)C=CC2=O)s1. The fourth-order valence-corrected chi connectivity index (χ4v) is 2.62. The molecule has 1 aromatic rings. The van der Waals surface area contributed by atoms with Gasteiger partial charge >= 0.3 is 5.97 Å². The highest BCUT2D eigenvalue weighted by molar-refractivity contribution is 7.17. The molecule has 1 N–H and O–H groups in total. The van der Waals surface area contributed by atoms with Crippen molar-refractivity contribution in [1.29, 1.82) is 0 Å². The molecular weight excluding hydrogens is 242 g/mol. The number of thiophene rings is 1. The minimum atomic E-state index is -1.14. The average Bonchev–Trinajstić information content (AvgIpc) is 2.82. The largest absolute Gasteiger partial charge is 0.478 e. The summed E-state index contributed by atoms with van der Waals surface area (Å²) in [7, 11) is 0. The molecule has 0 unspecified atom stereocenters. The quantitative estimate of drug-likeness (QED) is 0.825. The molecule has 0 radical (unpaired) electrons. The van der Waals surface area contributed by atoms with E-state index in [1.807, 2.05) is 6.92 Å². The first-order valence-corrected chi connectivity index (χ1v) is 5.78. The third kappa shape index (κ3) is 1.87. The Balaban J connectivity index is 2.51. The molecule has 0 spiro atoms. The molecular formula is C11H9NO4S. The van der Waals surface area contributed by atoms with E-state index in [0.717, 1.165) is 33.3 Å². The highest BCUT2D eigenvalue weighted by atomic mass is 32.1. The fraction of sp³-hybridized carbons (Fsp3) is 0.182. The zero-order valence-electron chi connectivity index (χ0n) is 8.97. The Morgan fingerprint density at radius 3 is 2.41 bits per heavy atom. The van der Waals surface area contributed by atoms with E-state index in [-0.39, 0.29) is 10.6 Å². The fourth-order valence-electron chi connectivity index (χ4n) is 1.53. The summed E-state index contributed by atoms with van der Waals surface area (Å²) in [4.78, 5) is 35.8. The summed E-state index contributed by atoms with van der Waals surface area (Å²) in [5.74, 6) is -2.13. The van der Waals surface area contributed by atoms with Gasteiger partial charge in [-0.1, -0.05) is 6.92 Å². The van der Waals surface area contributed by atoms with Crippen LogP contribution >= 0.6 is 11.3 Å². The molecule has 2 rings (SSSR count). The number of nitrogens with zero attached hydrogens (tertiary/aromatic N) is 1. The first kappa shape index (κ1) is 11.5. The van der Waals surface area contributed by atoms with Gasteiger partial charge in [0.15, 0.2) is 0 Å². The van der Waals surface area contributed by atoms with E-state index in [9.17, 15) is 14.4 Å². The summed E-state index contributed by atoms with van der Waals surface area (Å²) in [5, 5.41) is 9.23. The van der Waals surface area contributed by atoms with Crippen LogP contribution in [0.5, 0.6) is 0 Å². The van der Waals surface area contributed by atoms with Crippen molar-refractivity contribution in [2.24, 2.45) is 0 Å². The van der Waals surface area contributed by atoms with Crippen LogP contribution in [0.4, 0.5) is 5.00 Å². The van der Waals surface area contributed by atoms with Gasteiger partial charge in [0.25, 0.3) is 11.8 Å². The molecule has 5 nitrogen and oxygen atoms in total. The number of aromatic carboxylic acids is 1. The van der Waals surface area contributed by atoms with Gasteiger partial charge in [0, 0.05) is 17.0 Å². The summed E-state index contributed by atoms with van der Waals surface area (Å²) in [6.07, 6.45) is 2.94. The van der Waals surface area contributed by atoms with Crippen LogP contribution in [0.2, 0.25) is 0 Å². The van der Waals surface area contributed by atoms with Gasteiger partial charge in [-0.3, -0.25) is 9.59 Å². The molecule has 0 saturated carbocycles. The Morgan fingerprint density at radius 1 is 1.35 bits per heavy atom. The van der Waals surface area contributed by atoms with Gasteiger partial charge in [-0.05, 0) is 12.5 Å². The predicted octanol–water partition coefficient (Wildman–Crippen LogP) is 1.44. The van der Waals surface area contributed by atoms with Crippen molar-refractivity contribution in [3.05, 3.63) is 28.7 Å². The number of aryl methyl sites for hydroxylation is 1. The molecule has 2 heterocycles. The van der Waals surface area contributed by atoms with Gasteiger partial charge in [-0.25, -0.2) is 9.69 Å². The van der Waals surface area contributed by atoms with Crippen LogP contribution in [0, 0.1) is 0 Å². The maximum absolute atomic E-state index is 11.5. The summed E-state index contributed by atoms with van der Waals surface area (Å²) in [6, 6.07) is 1.50. The van der Waals surface area contributed by atoms with Crippen molar-refractivity contribution >= 4 is 34.1 Å². The lowest BCUT2D eigenvalue weighted by molar-refractivity contribution is -0.119. The monoisotopic (exact) mass is 251 g/mol. The molecule has 17 heavy (non-hydrogen) atoms. The topological polar surface area (TPSA) is 74.7 Å². The number of hydrogen-bond acceptors (Lipinski definition) is 4. The van der Waals surface area contributed by atoms with Crippen LogP contribution in [0.15, 0.2) is 18.2 Å². The predicted molar refractivity (Wildman–Crippen MR) is 62.3 cm³/mol. The van der Waals surface area contributed by atoms with E-state index in [2.05, 4.69) is 0 Å². The van der Waals surface area contributed by atoms with Crippen LogP contribution in [0.1, 0.15) is 22.2 Å². The normalized spacial score (nSPS) is 14.8. The van der Waals surface area contributed by atoms with E-state index in [4.69, 9.17) is 5.11 Å². The highest BCUT2D eigenvalue weighted by Gasteiger charge is 2.30. The second-order valence-electron chi connectivity index (χ2n) is 3.44. The molecule has 0 aromatic carbocycles. The Kier molecular flexibility index (Phi) is 2.81. The van der Waals surface area contributed by atoms with E-state index in [1.54, 1.807) is 0 Å². The van der Waals surface area contributed by atoms with Crippen molar-refractivity contribution in [2.75, 3.05) is 4.90 Å². The maximum Gasteiger partial charge on any atom is 0.338 e. The van der Waals surface area contributed by atoms with Crippen molar-refractivity contribution in [3.63, 3.8) is 0 Å². The Morgan fingerprint density at radius 2 is 1.94 bits per heavy atom. The molecule has 1 aliphatic heterocycles. The lowest BCUT2D eigenvalue weighted by Crippen LogP contribution is -2.29. The summed E-state index contributed by atoms with van der Waals surface area (Å²) in [5.41, 5.74) is -0.00255. The summed E-state index contributed by atoms with van der Waals surface area (Å²) < 4.78 is 0. The number of hydrogen-bond donors (Lipinski definition) is 1. The van der Waals surface area contributed by atoms with Crippen molar-refractivity contribution < 1.29 is 19.5 Å². The van der Waals surface area contributed by atoms with Crippen LogP contribution in [-0.4, -0.2) is 22.9 Å². The van der Waals surface area contributed by atoms with Crippen LogP contribution in [0.3, 0.4) is 0 Å². The van der Waals surface area contributed by atoms with E-state index >= 15 is 0 Å². The Hall–Kier alpha value is -1.95. The van der Waals surface area contributed by atoms with Crippen molar-refractivity contribution in [2.45, 2.75) is 13.3 Å². The average molecular weight is 251 g/mol. The van der Waals surface area contributed by atoms with Crippen molar-refractivity contribution in [3.8, 4) is 0 Å². The molecule has 1 aromatic heterocycles. The lowest BCUT2D eigenvalue weighted by atomic mass is 10.2. The second kappa shape index (κ2) is 4.14. The smallest absolute Gasteiger partial charge is 0.338 e. The zero-order chi connectivity index (χ0) is 12.6. The number of anilines is 1. The lowest BCUT2D eigenvalue weighted by Gasteiger charge is -2.11. The molecule has 1 aliphatic rings. The Bertz CT molecular complexity index is 526. The van der Waals surface area contributed by atoms with Gasteiger partial charge in [0.1, 0.15) is 5.00 Å². The number of amides is 2. The molecule has 6 heteroatoms. The van der Waals surface area contributed by atoms with Gasteiger partial charge in [-0.15, -0.1) is 11.3 Å². The maximum atomic E-state index is 11.5. The molecule has 0 saturated heterocycles. The first-order chi connectivity index (χ1) is 8.04. The van der Waals surface area contributed by atoms with E-state index in [1.165, 1.54) is 6.07 Å². The summed E-state index contributed by atoms with van der Waals surface area (Å²) in [6.45, 7) is 1.88. The minimum absolute atomic E-state index is 0.00255. The van der Waals surface area contributed by atoms with Crippen LogP contribution in [0.25, 0.3) is 0 Å². The minimum Gasteiger partial charge on any atom is -0.478 e. The number of carbonyl (C=O) groups excluding carboxylic acids is 2. The third-order valence-electron chi connectivity index (χ3n) is 2.35. The molecule has 0 fully saturated rings. The second-order valence-corrected chi connectivity index (χ2v) is 4.55. The van der Waals surface area contributed by atoms with Gasteiger partial charge in [0.05, 0.1) is 5.56 Å². The van der Waals surface area contributed by atoms with Gasteiger partial charge in [0.2, 0.25) is 0 Å². The molecule has 0 aliphatic carbocycles. The van der Waals surface area contributed by atoms with Gasteiger partial charge < -0.3 is 5.11 Å². The Labute approximate surface area is 101 Å². The van der Waals surface area contributed by atoms with E-state index in [0.29, 0.717) is 6.42 Å². The zero-order valence-corrected chi connectivity index (χ0v) is 9.78. The molecule has 0 atom stereocenters.